The normalized spacial score (nSPS) is 11.8. The van der Waals surface area contributed by atoms with Gasteiger partial charge in [-0.05, 0) is 25.0 Å². The quantitative estimate of drug-likeness (QED) is 0.713. The third-order valence-corrected chi connectivity index (χ3v) is 4.29. The van der Waals surface area contributed by atoms with Gasteiger partial charge in [-0.15, -0.1) is 0 Å². The summed E-state index contributed by atoms with van der Waals surface area (Å²) in [5.74, 6) is -0.985. The molecular formula is C12H17ClFNO4S. The van der Waals surface area contributed by atoms with Gasteiger partial charge in [-0.25, -0.2) is 17.5 Å². The highest BCUT2D eigenvalue weighted by molar-refractivity contribution is 7.89. The van der Waals surface area contributed by atoms with Gasteiger partial charge in [0.1, 0.15) is 10.7 Å². The Labute approximate surface area is 122 Å². The summed E-state index contributed by atoms with van der Waals surface area (Å²) < 4.78 is 45.0. The van der Waals surface area contributed by atoms with Crippen LogP contribution in [0.3, 0.4) is 0 Å². The number of aliphatic hydroxyl groups is 1. The molecule has 0 saturated carbocycles. The number of methoxy groups -OCH3 is 1. The predicted octanol–water partition coefficient (Wildman–Crippen LogP) is 1.68. The molecule has 1 aromatic rings. The van der Waals surface area contributed by atoms with Crippen LogP contribution in [-0.4, -0.2) is 33.8 Å². The maximum Gasteiger partial charge on any atom is 0.243 e. The van der Waals surface area contributed by atoms with E-state index in [1.807, 2.05) is 0 Å². The molecule has 0 aromatic heterocycles. The fourth-order valence-corrected chi connectivity index (χ4v) is 3.11. The van der Waals surface area contributed by atoms with Crippen molar-refractivity contribution in [3.63, 3.8) is 0 Å². The summed E-state index contributed by atoms with van der Waals surface area (Å²) in [7, 11) is -2.44. The molecule has 114 valence electrons. The van der Waals surface area contributed by atoms with Crippen LogP contribution in [-0.2, 0) is 21.4 Å². The Morgan fingerprint density at radius 2 is 2.10 bits per heavy atom. The summed E-state index contributed by atoms with van der Waals surface area (Å²) in [5, 5.41) is 9.03. The Kier molecular flexibility index (Phi) is 6.84. The molecule has 5 nitrogen and oxygen atoms in total. The fourth-order valence-electron chi connectivity index (χ4n) is 1.58. The lowest BCUT2D eigenvalue weighted by Crippen LogP contribution is -2.26. The Morgan fingerprint density at radius 1 is 1.40 bits per heavy atom. The summed E-state index contributed by atoms with van der Waals surface area (Å²) >= 11 is 5.72. The molecule has 0 aliphatic rings. The summed E-state index contributed by atoms with van der Waals surface area (Å²) in [4.78, 5) is -0.555. The Morgan fingerprint density at radius 3 is 2.70 bits per heavy atom. The molecule has 0 atom stereocenters. The number of aliphatic hydroxyl groups excluding tert-OH is 1. The lowest BCUT2D eigenvalue weighted by molar-refractivity contribution is 0.193. The van der Waals surface area contributed by atoms with Gasteiger partial charge >= 0.3 is 0 Å². The number of halogens is 2. The van der Waals surface area contributed by atoms with Crippen molar-refractivity contribution in [1.82, 2.24) is 4.72 Å². The van der Waals surface area contributed by atoms with Crippen LogP contribution in [0.15, 0.2) is 17.0 Å². The van der Waals surface area contributed by atoms with Gasteiger partial charge in [0, 0.05) is 30.8 Å². The topological polar surface area (TPSA) is 75.6 Å². The molecular weight excluding hydrogens is 309 g/mol. The van der Waals surface area contributed by atoms with Crippen LogP contribution in [0, 0.1) is 5.82 Å². The second kappa shape index (κ2) is 7.90. The van der Waals surface area contributed by atoms with E-state index >= 15 is 0 Å². The number of benzene rings is 1. The number of nitrogens with one attached hydrogen (secondary N) is 1. The Bertz CT molecular complexity index is 551. The molecule has 0 aliphatic heterocycles. The number of hydrogen-bond donors (Lipinski definition) is 2. The van der Waals surface area contributed by atoms with Gasteiger partial charge in [0.15, 0.2) is 0 Å². The number of unbranched alkanes of at least 4 members (excludes halogenated alkanes) is 1. The first-order chi connectivity index (χ1) is 9.42. The SMILES string of the molecule is COCCCCNS(=O)(=O)c1cc(Cl)cc(CO)c1F. The van der Waals surface area contributed by atoms with Crippen LogP contribution in [0.5, 0.6) is 0 Å². The van der Waals surface area contributed by atoms with Gasteiger partial charge in [-0.1, -0.05) is 11.6 Å². The van der Waals surface area contributed by atoms with Crippen LogP contribution in [0.25, 0.3) is 0 Å². The maximum absolute atomic E-state index is 13.9. The minimum Gasteiger partial charge on any atom is -0.392 e. The van der Waals surface area contributed by atoms with Crippen LogP contribution in [0.4, 0.5) is 4.39 Å². The first-order valence-corrected chi connectivity index (χ1v) is 7.86. The standard InChI is InChI=1S/C12H17ClFNO4S/c1-19-5-3-2-4-15-20(17,18)11-7-10(13)6-9(8-16)12(11)14/h6-7,15-16H,2-5,8H2,1H3. The van der Waals surface area contributed by atoms with Gasteiger partial charge in [-0.3, -0.25) is 0 Å². The highest BCUT2D eigenvalue weighted by Gasteiger charge is 2.21. The summed E-state index contributed by atoms with van der Waals surface area (Å²) in [5.41, 5.74) is -0.155. The first-order valence-electron chi connectivity index (χ1n) is 5.99. The minimum absolute atomic E-state index is 0.0511. The smallest absolute Gasteiger partial charge is 0.243 e. The average Bonchev–Trinajstić information content (AvgIpc) is 2.40. The highest BCUT2D eigenvalue weighted by atomic mass is 35.5. The highest BCUT2D eigenvalue weighted by Crippen LogP contribution is 2.23. The van der Waals surface area contributed by atoms with E-state index in [2.05, 4.69) is 4.72 Å². The minimum atomic E-state index is -3.99. The maximum atomic E-state index is 13.9. The lowest BCUT2D eigenvalue weighted by Gasteiger charge is -2.10. The van der Waals surface area contributed by atoms with Crippen molar-refractivity contribution >= 4 is 21.6 Å². The molecule has 0 aliphatic carbocycles. The molecule has 0 heterocycles. The molecule has 2 N–H and O–H groups in total. The van der Waals surface area contributed by atoms with Crippen LogP contribution in [0.2, 0.25) is 5.02 Å². The second-order valence-corrected chi connectivity index (χ2v) is 6.30. The summed E-state index contributed by atoms with van der Waals surface area (Å²) in [6, 6.07) is 2.21. The van der Waals surface area contributed by atoms with Crippen molar-refractivity contribution in [3.05, 3.63) is 28.5 Å². The van der Waals surface area contributed by atoms with Crippen molar-refractivity contribution in [2.75, 3.05) is 20.3 Å². The Hall–Kier alpha value is -0.730. The number of rotatable bonds is 8. The van der Waals surface area contributed by atoms with Crippen LogP contribution < -0.4 is 4.72 Å². The van der Waals surface area contributed by atoms with E-state index in [-0.39, 0.29) is 17.1 Å². The lowest BCUT2D eigenvalue weighted by atomic mass is 10.2. The summed E-state index contributed by atoms with van der Waals surface area (Å²) in [6.45, 7) is 0.0801. The molecule has 0 saturated heterocycles. The fraction of sp³-hybridized carbons (Fsp3) is 0.500. The average molecular weight is 326 g/mol. The summed E-state index contributed by atoms with van der Waals surface area (Å²) in [6.07, 6.45) is 1.26. The van der Waals surface area contributed by atoms with Crippen molar-refractivity contribution in [2.24, 2.45) is 0 Å². The molecule has 0 unspecified atom stereocenters. The zero-order valence-electron chi connectivity index (χ0n) is 11.0. The molecule has 8 heteroatoms. The van der Waals surface area contributed by atoms with Gasteiger partial charge in [0.05, 0.1) is 6.61 Å². The van der Waals surface area contributed by atoms with Crippen molar-refractivity contribution in [1.29, 1.82) is 0 Å². The van der Waals surface area contributed by atoms with Gasteiger partial charge in [-0.2, -0.15) is 0 Å². The van der Waals surface area contributed by atoms with Crippen molar-refractivity contribution in [2.45, 2.75) is 24.3 Å². The van der Waals surface area contributed by atoms with E-state index in [1.165, 1.54) is 6.07 Å². The van der Waals surface area contributed by atoms with Crippen LogP contribution in [0.1, 0.15) is 18.4 Å². The van der Waals surface area contributed by atoms with Gasteiger partial charge < -0.3 is 9.84 Å². The number of ether oxygens (including phenoxy) is 1. The van der Waals surface area contributed by atoms with Gasteiger partial charge in [0.25, 0.3) is 0 Å². The molecule has 20 heavy (non-hydrogen) atoms. The Balaban J connectivity index is 2.84. The van der Waals surface area contributed by atoms with Crippen molar-refractivity contribution < 1.29 is 22.7 Å². The van der Waals surface area contributed by atoms with Crippen LogP contribution >= 0.6 is 11.6 Å². The van der Waals surface area contributed by atoms with E-state index in [1.54, 1.807) is 7.11 Å². The zero-order valence-corrected chi connectivity index (χ0v) is 12.6. The molecule has 1 aromatic carbocycles. The largest absolute Gasteiger partial charge is 0.392 e. The van der Waals surface area contributed by atoms with E-state index in [9.17, 15) is 12.8 Å². The van der Waals surface area contributed by atoms with E-state index < -0.39 is 27.3 Å². The molecule has 0 spiro atoms. The van der Waals surface area contributed by atoms with E-state index in [0.717, 1.165) is 6.07 Å². The second-order valence-electron chi connectivity index (χ2n) is 4.13. The van der Waals surface area contributed by atoms with Crippen molar-refractivity contribution in [3.8, 4) is 0 Å². The van der Waals surface area contributed by atoms with E-state index in [4.69, 9.17) is 21.4 Å². The molecule has 1 rings (SSSR count). The zero-order chi connectivity index (χ0) is 15.2. The molecule has 0 radical (unpaired) electrons. The molecule has 0 bridgehead atoms. The molecule has 0 fully saturated rings. The number of sulfonamides is 1. The third kappa shape index (κ3) is 4.68. The monoisotopic (exact) mass is 325 g/mol. The molecule has 0 amide bonds. The third-order valence-electron chi connectivity index (χ3n) is 2.61. The van der Waals surface area contributed by atoms with Gasteiger partial charge in [0.2, 0.25) is 10.0 Å². The van der Waals surface area contributed by atoms with E-state index in [0.29, 0.717) is 19.4 Å². The number of hydrogen-bond acceptors (Lipinski definition) is 4. The first kappa shape index (κ1) is 17.3. The predicted molar refractivity (Wildman–Crippen MR) is 73.6 cm³/mol.